The van der Waals surface area contributed by atoms with E-state index in [9.17, 15) is 13.2 Å². The van der Waals surface area contributed by atoms with Crippen molar-refractivity contribution < 1.29 is 13.2 Å². The molecule has 1 heterocycles. The van der Waals surface area contributed by atoms with E-state index in [4.69, 9.17) is 0 Å². The van der Waals surface area contributed by atoms with Gasteiger partial charge < -0.3 is 5.32 Å². The Morgan fingerprint density at radius 3 is 2.00 bits per heavy atom. The Balaban J connectivity index is 1.65. The van der Waals surface area contributed by atoms with E-state index in [0.717, 1.165) is 18.8 Å². The highest BCUT2D eigenvalue weighted by Gasteiger charge is 2.33. The predicted molar refractivity (Wildman–Crippen MR) is 74.7 cm³/mol. The summed E-state index contributed by atoms with van der Waals surface area (Å²) in [5, 5.41) is 3.68. The van der Waals surface area contributed by atoms with Crippen molar-refractivity contribution in [2.75, 3.05) is 19.6 Å². The predicted octanol–water partition coefficient (Wildman–Crippen LogP) is 3.57. The summed E-state index contributed by atoms with van der Waals surface area (Å²) in [5.74, 6) is 0.890. The van der Waals surface area contributed by atoms with Gasteiger partial charge in [-0.2, -0.15) is 13.2 Å². The zero-order valence-electron chi connectivity index (χ0n) is 12.4. The summed E-state index contributed by atoms with van der Waals surface area (Å²) < 4.78 is 37.0. The number of nitrogens with one attached hydrogen (secondary N) is 1. The van der Waals surface area contributed by atoms with E-state index in [1.54, 1.807) is 0 Å². The van der Waals surface area contributed by atoms with Gasteiger partial charge in [0, 0.05) is 12.1 Å². The molecule has 20 heavy (non-hydrogen) atoms. The summed E-state index contributed by atoms with van der Waals surface area (Å²) in [7, 11) is 0. The highest BCUT2D eigenvalue weighted by atomic mass is 19.4. The fraction of sp³-hybridized carbons (Fsp3) is 1.00. The van der Waals surface area contributed by atoms with Gasteiger partial charge in [0.05, 0.1) is 6.54 Å². The summed E-state index contributed by atoms with van der Waals surface area (Å²) in [5.41, 5.74) is 0. The maximum absolute atomic E-state index is 12.3. The number of hydrogen-bond donors (Lipinski definition) is 1. The first-order chi connectivity index (χ1) is 9.46. The molecule has 0 bridgehead atoms. The number of rotatable bonds is 4. The summed E-state index contributed by atoms with van der Waals surface area (Å²) in [6.07, 6.45) is 4.01. The minimum absolute atomic E-state index is 0.419. The van der Waals surface area contributed by atoms with E-state index < -0.39 is 12.7 Å². The number of hydrogen-bond acceptors (Lipinski definition) is 2. The third kappa shape index (κ3) is 5.24. The van der Waals surface area contributed by atoms with Gasteiger partial charge in [-0.25, -0.2) is 0 Å². The van der Waals surface area contributed by atoms with Crippen molar-refractivity contribution in [2.24, 2.45) is 5.92 Å². The van der Waals surface area contributed by atoms with Gasteiger partial charge in [0.1, 0.15) is 0 Å². The number of likely N-dealkylation sites (tertiary alicyclic amines) is 1. The molecule has 2 fully saturated rings. The molecule has 2 nitrogen and oxygen atoms in total. The smallest absolute Gasteiger partial charge is 0.311 e. The fourth-order valence-electron chi connectivity index (χ4n) is 3.58. The van der Waals surface area contributed by atoms with Crippen LogP contribution in [0.25, 0.3) is 0 Å². The molecule has 0 aromatic carbocycles. The zero-order valence-corrected chi connectivity index (χ0v) is 12.4. The van der Waals surface area contributed by atoms with Crippen LogP contribution in [-0.2, 0) is 0 Å². The molecule has 1 aliphatic carbocycles. The summed E-state index contributed by atoms with van der Waals surface area (Å²) in [6, 6.07) is 1.01. The van der Waals surface area contributed by atoms with Gasteiger partial charge in [-0.3, -0.25) is 4.90 Å². The van der Waals surface area contributed by atoms with Crippen molar-refractivity contribution in [1.82, 2.24) is 10.2 Å². The normalized spacial score (nSPS) is 30.6. The van der Waals surface area contributed by atoms with Crippen molar-refractivity contribution >= 4 is 0 Å². The molecule has 2 aliphatic rings. The molecule has 0 aromatic heterocycles. The van der Waals surface area contributed by atoms with Crippen LogP contribution in [0.4, 0.5) is 13.2 Å². The van der Waals surface area contributed by atoms with E-state index in [1.165, 1.54) is 37.0 Å². The Morgan fingerprint density at radius 2 is 1.50 bits per heavy atom. The second kappa shape index (κ2) is 7.12. The van der Waals surface area contributed by atoms with Gasteiger partial charge in [-0.1, -0.05) is 13.3 Å². The average Bonchev–Trinajstić information content (AvgIpc) is 2.40. The van der Waals surface area contributed by atoms with Gasteiger partial charge in [-0.05, 0) is 57.5 Å². The minimum atomic E-state index is -4.06. The first-order valence-corrected chi connectivity index (χ1v) is 8.01. The van der Waals surface area contributed by atoms with Crippen LogP contribution in [-0.4, -0.2) is 42.8 Å². The highest BCUT2D eigenvalue weighted by Crippen LogP contribution is 2.27. The van der Waals surface area contributed by atoms with E-state index in [1.807, 2.05) is 0 Å². The lowest BCUT2D eigenvalue weighted by Gasteiger charge is -2.36. The Morgan fingerprint density at radius 1 is 0.950 bits per heavy atom. The van der Waals surface area contributed by atoms with Crippen molar-refractivity contribution in [2.45, 2.75) is 70.1 Å². The molecule has 2 rings (SSSR count). The first-order valence-electron chi connectivity index (χ1n) is 8.01. The van der Waals surface area contributed by atoms with Gasteiger partial charge >= 0.3 is 6.18 Å². The highest BCUT2D eigenvalue weighted by molar-refractivity contribution is 4.84. The number of nitrogens with zero attached hydrogens (tertiary/aromatic N) is 1. The van der Waals surface area contributed by atoms with Crippen LogP contribution >= 0.6 is 0 Å². The Kier molecular flexibility index (Phi) is 5.73. The van der Waals surface area contributed by atoms with Crippen LogP contribution < -0.4 is 5.32 Å². The number of halogens is 3. The Hall–Kier alpha value is -0.290. The third-order valence-electron chi connectivity index (χ3n) is 4.89. The molecule has 0 aromatic rings. The molecule has 1 N–H and O–H groups in total. The maximum atomic E-state index is 12.3. The first kappa shape index (κ1) is 16.1. The fourth-order valence-corrected chi connectivity index (χ4v) is 3.58. The standard InChI is InChI=1S/C15H27F3N2/c1-2-12-3-5-13(6-4-12)19-14-7-9-20(10-8-14)11-15(16,17)18/h12-14,19H,2-11H2,1H3. The molecule has 1 aliphatic heterocycles. The molecule has 118 valence electrons. The molecule has 0 spiro atoms. The monoisotopic (exact) mass is 292 g/mol. The topological polar surface area (TPSA) is 15.3 Å². The SMILES string of the molecule is CCC1CCC(NC2CCN(CC(F)(F)F)CC2)CC1. The maximum Gasteiger partial charge on any atom is 0.401 e. The van der Waals surface area contributed by atoms with E-state index in [0.29, 0.717) is 25.2 Å². The van der Waals surface area contributed by atoms with Crippen molar-refractivity contribution in [1.29, 1.82) is 0 Å². The largest absolute Gasteiger partial charge is 0.401 e. The van der Waals surface area contributed by atoms with Gasteiger partial charge in [0.25, 0.3) is 0 Å². The van der Waals surface area contributed by atoms with E-state index in [-0.39, 0.29) is 0 Å². The molecular formula is C15H27F3N2. The van der Waals surface area contributed by atoms with Crippen LogP contribution in [0.15, 0.2) is 0 Å². The molecule has 5 heteroatoms. The molecule has 0 atom stereocenters. The van der Waals surface area contributed by atoms with Crippen LogP contribution in [0.3, 0.4) is 0 Å². The Labute approximate surface area is 120 Å². The van der Waals surface area contributed by atoms with Crippen molar-refractivity contribution in [3.8, 4) is 0 Å². The van der Waals surface area contributed by atoms with Crippen LogP contribution in [0.2, 0.25) is 0 Å². The molecule has 0 amide bonds. The van der Waals surface area contributed by atoms with E-state index >= 15 is 0 Å². The van der Waals surface area contributed by atoms with Gasteiger partial charge in [0.2, 0.25) is 0 Å². The lowest BCUT2D eigenvalue weighted by atomic mass is 9.84. The van der Waals surface area contributed by atoms with Crippen molar-refractivity contribution in [3.05, 3.63) is 0 Å². The molecule has 0 unspecified atom stereocenters. The summed E-state index contributed by atoms with van der Waals surface area (Å²) in [4.78, 5) is 1.53. The van der Waals surface area contributed by atoms with Crippen LogP contribution in [0, 0.1) is 5.92 Å². The lowest BCUT2D eigenvalue weighted by molar-refractivity contribution is -0.148. The van der Waals surface area contributed by atoms with E-state index in [2.05, 4.69) is 12.2 Å². The third-order valence-corrected chi connectivity index (χ3v) is 4.89. The molecule has 1 saturated heterocycles. The number of alkyl halides is 3. The Bertz CT molecular complexity index is 277. The summed E-state index contributed by atoms with van der Waals surface area (Å²) in [6.45, 7) is 2.65. The van der Waals surface area contributed by atoms with Crippen molar-refractivity contribution in [3.63, 3.8) is 0 Å². The van der Waals surface area contributed by atoms with Crippen LogP contribution in [0.1, 0.15) is 51.9 Å². The second-order valence-electron chi connectivity index (χ2n) is 6.46. The van der Waals surface area contributed by atoms with Gasteiger partial charge in [0.15, 0.2) is 0 Å². The van der Waals surface area contributed by atoms with Crippen LogP contribution in [0.5, 0.6) is 0 Å². The average molecular weight is 292 g/mol. The molecular weight excluding hydrogens is 265 g/mol. The zero-order chi connectivity index (χ0) is 14.6. The quantitative estimate of drug-likeness (QED) is 0.852. The lowest BCUT2D eigenvalue weighted by Crippen LogP contribution is -2.48. The molecule has 0 radical (unpaired) electrons. The molecule has 1 saturated carbocycles. The number of piperidine rings is 1. The van der Waals surface area contributed by atoms with Gasteiger partial charge in [-0.15, -0.1) is 0 Å². The summed E-state index contributed by atoms with van der Waals surface area (Å²) >= 11 is 0. The minimum Gasteiger partial charge on any atom is -0.311 e. The second-order valence-corrected chi connectivity index (χ2v) is 6.46.